The Morgan fingerprint density at radius 3 is 2.29 bits per heavy atom. The molecular weight excluding hydrogens is 393 g/mol. The van der Waals surface area contributed by atoms with Crippen LogP contribution in [0.25, 0.3) is 0 Å². The van der Waals surface area contributed by atoms with Gasteiger partial charge in [0.25, 0.3) is 0 Å². The van der Waals surface area contributed by atoms with Gasteiger partial charge in [0.05, 0.1) is 10.6 Å². The highest BCUT2D eigenvalue weighted by Gasteiger charge is 2.31. The molecule has 0 atom stereocenters. The lowest BCUT2D eigenvalue weighted by atomic mass is 10.1. The van der Waals surface area contributed by atoms with Crippen molar-refractivity contribution in [2.75, 3.05) is 16.4 Å². The van der Waals surface area contributed by atoms with Crippen molar-refractivity contribution >= 4 is 40.4 Å². The first-order valence-electron chi connectivity index (χ1n) is 8.09. The second kappa shape index (κ2) is 7.51. The number of hydrogen-bond acceptors (Lipinski definition) is 6. The van der Waals surface area contributed by atoms with Crippen molar-refractivity contribution in [2.24, 2.45) is 0 Å². The fourth-order valence-electron chi connectivity index (χ4n) is 2.39. The Kier molecular flexibility index (Phi) is 5.28. The Balaban J connectivity index is 1.88. The number of alkyl halides is 3. The molecule has 2 heterocycles. The van der Waals surface area contributed by atoms with Crippen molar-refractivity contribution in [1.29, 1.82) is 0 Å². The van der Waals surface area contributed by atoms with Crippen LogP contribution >= 0.6 is 11.6 Å². The molecule has 3 rings (SSSR count). The number of halogens is 4. The number of nitrogen functional groups attached to an aromatic ring is 1. The maximum absolute atomic E-state index is 12.7. The molecule has 0 spiro atoms. The average Bonchev–Trinajstić information content (AvgIpc) is 2.62. The third-order valence-corrected chi connectivity index (χ3v) is 4.22. The molecule has 4 N–H and O–H groups in total. The summed E-state index contributed by atoms with van der Waals surface area (Å²) in [5.74, 6) is 0.504. The van der Waals surface area contributed by atoms with Crippen LogP contribution in [0.3, 0.4) is 0 Å². The van der Waals surface area contributed by atoms with Crippen LogP contribution in [0.4, 0.5) is 42.0 Å². The van der Waals surface area contributed by atoms with E-state index in [0.717, 1.165) is 22.9 Å². The SMILES string of the molecule is Cc1ccc(C)c(Nc2ncnc(Nc3ncc(C(F)(F)F)cc3Cl)c2N)c1. The first kappa shape index (κ1) is 19.7. The Morgan fingerprint density at radius 2 is 1.64 bits per heavy atom. The number of aromatic nitrogens is 3. The van der Waals surface area contributed by atoms with E-state index in [2.05, 4.69) is 25.6 Å². The molecular formula is C18H16ClF3N6. The summed E-state index contributed by atoms with van der Waals surface area (Å²) in [4.78, 5) is 11.9. The van der Waals surface area contributed by atoms with Crippen molar-refractivity contribution in [3.63, 3.8) is 0 Å². The van der Waals surface area contributed by atoms with Crippen molar-refractivity contribution in [2.45, 2.75) is 20.0 Å². The molecule has 0 amide bonds. The van der Waals surface area contributed by atoms with Crippen LogP contribution in [0.1, 0.15) is 16.7 Å². The van der Waals surface area contributed by atoms with Gasteiger partial charge in [-0.3, -0.25) is 0 Å². The minimum Gasteiger partial charge on any atom is -0.393 e. The first-order valence-corrected chi connectivity index (χ1v) is 8.47. The van der Waals surface area contributed by atoms with E-state index >= 15 is 0 Å². The van der Waals surface area contributed by atoms with E-state index in [9.17, 15) is 13.2 Å². The van der Waals surface area contributed by atoms with Crippen molar-refractivity contribution in [3.05, 3.63) is 58.5 Å². The van der Waals surface area contributed by atoms with Crippen molar-refractivity contribution in [3.8, 4) is 0 Å². The largest absolute Gasteiger partial charge is 0.417 e. The minimum absolute atomic E-state index is 0.00208. The fraction of sp³-hybridized carbons (Fsp3) is 0.167. The van der Waals surface area contributed by atoms with Crippen LogP contribution in [0.5, 0.6) is 0 Å². The van der Waals surface area contributed by atoms with Gasteiger partial charge in [-0.25, -0.2) is 15.0 Å². The Hall–Kier alpha value is -3.07. The Morgan fingerprint density at radius 1 is 0.964 bits per heavy atom. The summed E-state index contributed by atoms with van der Waals surface area (Å²) >= 11 is 5.92. The monoisotopic (exact) mass is 408 g/mol. The van der Waals surface area contributed by atoms with Gasteiger partial charge in [0.15, 0.2) is 11.6 Å². The van der Waals surface area contributed by atoms with Crippen LogP contribution < -0.4 is 16.4 Å². The summed E-state index contributed by atoms with van der Waals surface area (Å²) in [7, 11) is 0. The first-order chi connectivity index (χ1) is 13.1. The van der Waals surface area contributed by atoms with E-state index in [0.29, 0.717) is 12.0 Å². The molecule has 0 radical (unpaired) electrons. The number of nitrogens with zero attached hydrogens (tertiary/aromatic N) is 3. The standard InChI is InChI=1S/C18H16ClF3N6/c1-9-3-4-10(2)13(5-9)27-16-14(23)17(26-8-25-16)28-15-12(19)6-11(7-24-15)18(20,21)22/h3-8H,23H2,1-2H3,(H2,24,25,26,27,28). The van der Waals surface area contributed by atoms with Gasteiger partial charge >= 0.3 is 6.18 Å². The molecule has 0 aliphatic heterocycles. The van der Waals surface area contributed by atoms with Crippen LogP contribution in [0.15, 0.2) is 36.8 Å². The van der Waals surface area contributed by atoms with E-state index in [-0.39, 0.29) is 22.3 Å². The fourth-order valence-corrected chi connectivity index (χ4v) is 2.60. The van der Waals surface area contributed by atoms with E-state index in [4.69, 9.17) is 17.3 Å². The maximum atomic E-state index is 12.7. The highest BCUT2D eigenvalue weighted by atomic mass is 35.5. The van der Waals surface area contributed by atoms with E-state index in [1.165, 1.54) is 6.33 Å². The van der Waals surface area contributed by atoms with Crippen LogP contribution in [0, 0.1) is 13.8 Å². The summed E-state index contributed by atoms with van der Waals surface area (Å²) in [5.41, 5.74) is 8.20. The number of nitrogens with one attached hydrogen (secondary N) is 2. The zero-order valence-corrected chi connectivity index (χ0v) is 15.7. The predicted molar refractivity (Wildman–Crippen MR) is 103 cm³/mol. The van der Waals surface area contributed by atoms with Gasteiger partial charge in [0, 0.05) is 11.9 Å². The molecule has 28 heavy (non-hydrogen) atoms. The molecule has 6 nitrogen and oxygen atoms in total. The van der Waals surface area contributed by atoms with Crippen LogP contribution in [-0.4, -0.2) is 15.0 Å². The molecule has 0 bridgehead atoms. The summed E-state index contributed by atoms with van der Waals surface area (Å²) in [6.07, 6.45) is -2.59. The normalized spacial score (nSPS) is 11.4. The van der Waals surface area contributed by atoms with E-state index < -0.39 is 11.7 Å². The molecule has 146 valence electrons. The molecule has 0 fully saturated rings. The van der Waals surface area contributed by atoms with Gasteiger partial charge < -0.3 is 16.4 Å². The number of pyridine rings is 1. The number of aryl methyl sites for hydroxylation is 2. The molecule has 0 unspecified atom stereocenters. The predicted octanol–water partition coefficient (Wildman–Crippen LogP) is 5.23. The van der Waals surface area contributed by atoms with Gasteiger partial charge in [0.1, 0.15) is 17.8 Å². The van der Waals surface area contributed by atoms with Crippen molar-refractivity contribution < 1.29 is 13.2 Å². The Labute approximate surface area is 164 Å². The third kappa shape index (κ3) is 4.25. The summed E-state index contributed by atoms with van der Waals surface area (Å²) in [6.45, 7) is 3.89. The molecule has 1 aromatic carbocycles. The van der Waals surface area contributed by atoms with Crippen LogP contribution in [-0.2, 0) is 6.18 Å². The van der Waals surface area contributed by atoms with E-state index in [1.54, 1.807) is 0 Å². The number of anilines is 5. The summed E-state index contributed by atoms with van der Waals surface area (Å²) in [6, 6.07) is 6.66. The quantitative estimate of drug-likeness (QED) is 0.547. The van der Waals surface area contributed by atoms with Crippen LogP contribution in [0.2, 0.25) is 5.02 Å². The van der Waals surface area contributed by atoms with Gasteiger partial charge in [-0.15, -0.1) is 0 Å². The molecule has 10 heteroatoms. The molecule has 3 aromatic rings. The lowest BCUT2D eigenvalue weighted by molar-refractivity contribution is -0.137. The van der Waals surface area contributed by atoms with Crippen molar-refractivity contribution in [1.82, 2.24) is 15.0 Å². The second-order valence-electron chi connectivity index (χ2n) is 6.11. The summed E-state index contributed by atoms with van der Waals surface area (Å²) in [5, 5.41) is 5.67. The smallest absolute Gasteiger partial charge is 0.393 e. The maximum Gasteiger partial charge on any atom is 0.417 e. The number of benzene rings is 1. The highest BCUT2D eigenvalue weighted by Crippen LogP contribution is 2.34. The molecule has 0 saturated carbocycles. The van der Waals surface area contributed by atoms with Gasteiger partial charge in [-0.05, 0) is 37.1 Å². The topological polar surface area (TPSA) is 88.8 Å². The lowest BCUT2D eigenvalue weighted by Gasteiger charge is -2.15. The number of rotatable bonds is 4. The van der Waals surface area contributed by atoms with E-state index in [1.807, 2.05) is 32.0 Å². The highest BCUT2D eigenvalue weighted by molar-refractivity contribution is 6.33. The molecule has 2 aromatic heterocycles. The number of hydrogen-bond donors (Lipinski definition) is 3. The number of nitrogens with two attached hydrogens (primary N) is 1. The molecule has 0 saturated heterocycles. The van der Waals surface area contributed by atoms with Gasteiger partial charge in [0.2, 0.25) is 0 Å². The zero-order valence-electron chi connectivity index (χ0n) is 14.9. The lowest BCUT2D eigenvalue weighted by Crippen LogP contribution is -2.09. The van der Waals surface area contributed by atoms with Gasteiger partial charge in [-0.2, -0.15) is 13.2 Å². The average molecular weight is 409 g/mol. The zero-order chi connectivity index (χ0) is 20.5. The third-order valence-electron chi connectivity index (χ3n) is 3.94. The van der Waals surface area contributed by atoms with Gasteiger partial charge in [-0.1, -0.05) is 23.7 Å². The summed E-state index contributed by atoms with van der Waals surface area (Å²) < 4.78 is 38.2. The minimum atomic E-state index is -4.54. The Bertz CT molecular complexity index is 1020. The molecule has 0 aliphatic rings. The second-order valence-corrected chi connectivity index (χ2v) is 6.51. The molecule has 0 aliphatic carbocycles.